The molecule has 4 heteroatoms. The van der Waals surface area contributed by atoms with E-state index in [2.05, 4.69) is 37.6 Å². The van der Waals surface area contributed by atoms with Gasteiger partial charge in [-0.2, -0.15) is 11.8 Å². The fourth-order valence-electron chi connectivity index (χ4n) is 2.25. The van der Waals surface area contributed by atoms with Crippen molar-refractivity contribution in [1.82, 2.24) is 5.32 Å². The smallest absolute Gasteiger partial charge is 0.161 e. The lowest BCUT2D eigenvalue weighted by Gasteiger charge is -2.21. The normalized spacial score (nSPS) is 13.8. The summed E-state index contributed by atoms with van der Waals surface area (Å²) in [7, 11) is 3.34. The zero-order chi connectivity index (χ0) is 15.0. The third-order valence-corrected chi connectivity index (χ3v) is 4.28. The largest absolute Gasteiger partial charge is 0.493 e. The number of ether oxygens (including phenoxy) is 2. The average Bonchev–Trinajstić information content (AvgIpc) is 2.47. The summed E-state index contributed by atoms with van der Waals surface area (Å²) in [5, 5.41) is 3.65. The number of methoxy groups -OCH3 is 2. The van der Waals surface area contributed by atoms with Crippen molar-refractivity contribution in [3.63, 3.8) is 0 Å². The highest BCUT2D eigenvalue weighted by molar-refractivity contribution is 7.98. The Morgan fingerprint density at radius 1 is 1.20 bits per heavy atom. The second-order valence-electron chi connectivity index (χ2n) is 5.04. The zero-order valence-electron chi connectivity index (χ0n) is 13.2. The number of hydrogen-bond donors (Lipinski definition) is 1. The van der Waals surface area contributed by atoms with E-state index in [9.17, 15) is 0 Å². The molecule has 3 nitrogen and oxygen atoms in total. The maximum atomic E-state index is 5.38. The van der Waals surface area contributed by atoms with Crippen LogP contribution in [0.15, 0.2) is 18.2 Å². The van der Waals surface area contributed by atoms with Crippen molar-refractivity contribution in [3.8, 4) is 11.5 Å². The molecule has 0 saturated carbocycles. The molecule has 0 aromatic heterocycles. The number of benzene rings is 1. The number of rotatable bonds is 9. The van der Waals surface area contributed by atoms with Gasteiger partial charge in [-0.3, -0.25) is 0 Å². The summed E-state index contributed by atoms with van der Waals surface area (Å²) in [5.74, 6) is 3.44. The molecule has 0 spiro atoms. The van der Waals surface area contributed by atoms with Crippen molar-refractivity contribution in [2.45, 2.75) is 26.3 Å². The van der Waals surface area contributed by atoms with Crippen LogP contribution in [-0.2, 0) is 0 Å². The van der Waals surface area contributed by atoms with Crippen LogP contribution in [-0.4, -0.2) is 32.8 Å². The average molecular weight is 297 g/mol. The van der Waals surface area contributed by atoms with Crippen LogP contribution in [0.2, 0.25) is 0 Å². The highest BCUT2D eigenvalue weighted by Crippen LogP contribution is 2.30. The van der Waals surface area contributed by atoms with Gasteiger partial charge in [0.15, 0.2) is 11.5 Å². The summed E-state index contributed by atoms with van der Waals surface area (Å²) in [4.78, 5) is 0. The first kappa shape index (κ1) is 17.2. The Kier molecular flexibility index (Phi) is 7.85. The first-order valence-electron chi connectivity index (χ1n) is 7.10. The Morgan fingerprint density at radius 2 is 1.90 bits per heavy atom. The molecule has 0 bridgehead atoms. The van der Waals surface area contributed by atoms with Crippen molar-refractivity contribution in [1.29, 1.82) is 0 Å². The molecule has 20 heavy (non-hydrogen) atoms. The van der Waals surface area contributed by atoms with Crippen LogP contribution in [0.25, 0.3) is 0 Å². The van der Waals surface area contributed by atoms with Gasteiger partial charge in [-0.25, -0.2) is 0 Å². The molecule has 0 aliphatic heterocycles. The molecule has 1 rings (SSSR count). The molecular formula is C16H27NO2S. The summed E-state index contributed by atoms with van der Waals surface area (Å²) in [6.07, 6.45) is 3.21. The standard InChI is InChI=1S/C16H27NO2S/c1-6-14(17-10-12(2)11-20-5)13-7-8-15(18-3)16(9-13)19-4/h7-9,12,14,17H,6,10-11H2,1-5H3. The minimum atomic E-state index is 0.360. The lowest BCUT2D eigenvalue weighted by Crippen LogP contribution is -2.27. The second-order valence-corrected chi connectivity index (χ2v) is 5.95. The topological polar surface area (TPSA) is 30.5 Å². The van der Waals surface area contributed by atoms with Gasteiger partial charge in [-0.15, -0.1) is 0 Å². The van der Waals surface area contributed by atoms with Crippen molar-refractivity contribution < 1.29 is 9.47 Å². The Balaban J connectivity index is 2.74. The fraction of sp³-hybridized carbons (Fsp3) is 0.625. The molecule has 0 fully saturated rings. The van der Waals surface area contributed by atoms with Gasteiger partial charge in [-0.1, -0.05) is 19.9 Å². The molecule has 114 valence electrons. The Labute approximate surface area is 127 Å². The molecular weight excluding hydrogens is 270 g/mol. The lowest BCUT2D eigenvalue weighted by atomic mass is 10.0. The van der Waals surface area contributed by atoms with E-state index in [-0.39, 0.29) is 0 Å². The summed E-state index contributed by atoms with van der Waals surface area (Å²) >= 11 is 1.90. The molecule has 0 saturated heterocycles. The Hall–Kier alpha value is -0.870. The molecule has 0 heterocycles. The van der Waals surface area contributed by atoms with Gasteiger partial charge in [0.25, 0.3) is 0 Å². The third kappa shape index (κ3) is 4.91. The minimum absolute atomic E-state index is 0.360. The van der Waals surface area contributed by atoms with Crippen LogP contribution in [0.1, 0.15) is 31.9 Å². The minimum Gasteiger partial charge on any atom is -0.493 e. The molecule has 2 atom stereocenters. The molecule has 0 amide bonds. The van der Waals surface area contributed by atoms with E-state index in [4.69, 9.17) is 9.47 Å². The van der Waals surface area contributed by atoms with Crippen LogP contribution in [0.3, 0.4) is 0 Å². The Bertz CT molecular complexity index is 398. The summed E-state index contributed by atoms with van der Waals surface area (Å²) < 4.78 is 10.7. The van der Waals surface area contributed by atoms with E-state index < -0.39 is 0 Å². The molecule has 1 aromatic carbocycles. The maximum Gasteiger partial charge on any atom is 0.161 e. The van der Waals surface area contributed by atoms with Crippen LogP contribution < -0.4 is 14.8 Å². The maximum absolute atomic E-state index is 5.38. The summed E-state index contributed by atoms with van der Waals surface area (Å²) in [5.41, 5.74) is 1.25. The zero-order valence-corrected chi connectivity index (χ0v) is 14.0. The highest BCUT2D eigenvalue weighted by atomic mass is 32.2. The highest BCUT2D eigenvalue weighted by Gasteiger charge is 2.13. The van der Waals surface area contributed by atoms with Crippen molar-refractivity contribution in [2.75, 3.05) is 32.8 Å². The number of hydrogen-bond acceptors (Lipinski definition) is 4. The molecule has 0 radical (unpaired) electrons. The summed E-state index contributed by atoms with van der Waals surface area (Å²) in [6, 6.07) is 6.52. The second kappa shape index (κ2) is 9.14. The van der Waals surface area contributed by atoms with Crippen molar-refractivity contribution in [2.24, 2.45) is 5.92 Å². The SMILES string of the molecule is CCC(NCC(C)CSC)c1ccc(OC)c(OC)c1. The van der Waals surface area contributed by atoms with E-state index in [1.54, 1.807) is 14.2 Å². The first-order chi connectivity index (χ1) is 9.65. The van der Waals surface area contributed by atoms with E-state index in [0.717, 1.165) is 24.5 Å². The molecule has 0 aliphatic rings. The van der Waals surface area contributed by atoms with Crippen LogP contribution in [0.4, 0.5) is 0 Å². The molecule has 1 aromatic rings. The predicted octanol–water partition coefficient (Wildman–Crippen LogP) is 3.74. The van der Waals surface area contributed by atoms with Gasteiger partial charge in [0.2, 0.25) is 0 Å². The quantitative estimate of drug-likeness (QED) is 0.752. The van der Waals surface area contributed by atoms with Crippen LogP contribution in [0.5, 0.6) is 11.5 Å². The van der Waals surface area contributed by atoms with Gasteiger partial charge >= 0.3 is 0 Å². The van der Waals surface area contributed by atoms with E-state index in [0.29, 0.717) is 12.0 Å². The van der Waals surface area contributed by atoms with Gasteiger partial charge in [-0.05, 0) is 48.6 Å². The molecule has 2 unspecified atom stereocenters. The summed E-state index contributed by atoms with van der Waals surface area (Å²) in [6.45, 7) is 5.52. The van der Waals surface area contributed by atoms with Gasteiger partial charge < -0.3 is 14.8 Å². The van der Waals surface area contributed by atoms with Gasteiger partial charge in [0.05, 0.1) is 14.2 Å². The van der Waals surface area contributed by atoms with E-state index in [1.807, 2.05) is 17.8 Å². The van der Waals surface area contributed by atoms with Gasteiger partial charge in [0.1, 0.15) is 0 Å². The Morgan fingerprint density at radius 3 is 2.45 bits per heavy atom. The monoisotopic (exact) mass is 297 g/mol. The first-order valence-corrected chi connectivity index (χ1v) is 8.49. The lowest BCUT2D eigenvalue weighted by molar-refractivity contribution is 0.353. The van der Waals surface area contributed by atoms with Crippen molar-refractivity contribution >= 4 is 11.8 Å². The molecule has 0 aliphatic carbocycles. The van der Waals surface area contributed by atoms with Crippen LogP contribution in [0, 0.1) is 5.92 Å². The van der Waals surface area contributed by atoms with E-state index >= 15 is 0 Å². The fourth-order valence-corrected chi connectivity index (χ4v) is 2.94. The third-order valence-electron chi connectivity index (χ3n) is 3.38. The van der Waals surface area contributed by atoms with Gasteiger partial charge in [0, 0.05) is 6.04 Å². The van der Waals surface area contributed by atoms with E-state index in [1.165, 1.54) is 11.3 Å². The van der Waals surface area contributed by atoms with Crippen LogP contribution >= 0.6 is 11.8 Å². The molecule has 1 N–H and O–H groups in total. The van der Waals surface area contributed by atoms with Crippen molar-refractivity contribution in [3.05, 3.63) is 23.8 Å². The number of thioether (sulfide) groups is 1. The predicted molar refractivity (Wildman–Crippen MR) is 88.1 cm³/mol. The number of nitrogens with one attached hydrogen (secondary N) is 1.